The molecule has 28 heavy (non-hydrogen) atoms. The van der Waals surface area contributed by atoms with Crippen molar-refractivity contribution < 1.29 is 9.90 Å². The van der Waals surface area contributed by atoms with Crippen LogP contribution in [-0.4, -0.2) is 54.9 Å². The number of aliphatic hydroxyl groups is 1. The highest BCUT2D eigenvalue weighted by molar-refractivity contribution is 5.99. The number of amides is 1. The monoisotopic (exact) mass is 379 g/mol. The zero-order valence-electron chi connectivity index (χ0n) is 16.2. The van der Waals surface area contributed by atoms with Crippen molar-refractivity contribution in [3.8, 4) is 0 Å². The van der Waals surface area contributed by atoms with E-state index in [2.05, 4.69) is 28.9 Å². The minimum absolute atomic E-state index is 0.0550. The number of aryl methyl sites for hydroxylation is 2. The van der Waals surface area contributed by atoms with Crippen LogP contribution in [0, 0.1) is 25.7 Å². The number of fused-ring (bicyclic) bond motifs is 2. The second-order valence-corrected chi connectivity index (χ2v) is 8.35. The molecule has 7 nitrogen and oxygen atoms in total. The summed E-state index contributed by atoms with van der Waals surface area (Å²) in [5, 5.41) is 15.9. The van der Waals surface area contributed by atoms with Gasteiger partial charge >= 0.3 is 0 Å². The van der Waals surface area contributed by atoms with E-state index in [0.29, 0.717) is 24.8 Å². The molecular weight excluding hydrogens is 354 g/mol. The molecule has 1 aromatic carbocycles. The van der Waals surface area contributed by atoms with Crippen molar-refractivity contribution in [2.45, 2.75) is 38.8 Å². The molecule has 1 saturated heterocycles. The molecule has 1 saturated carbocycles. The summed E-state index contributed by atoms with van der Waals surface area (Å²) in [5.41, 5.74) is 4.14. The molecule has 0 radical (unpaired) electrons. The lowest BCUT2D eigenvalue weighted by atomic mass is 9.77. The number of H-pyrrole nitrogens is 1. The molecular formula is C21H25N5O2. The number of benzene rings is 1. The van der Waals surface area contributed by atoms with Crippen molar-refractivity contribution in [1.82, 2.24) is 24.6 Å². The minimum Gasteiger partial charge on any atom is -0.391 e. The van der Waals surface area contributed by atoms with Gasteiger partial charge in [-0.1, -0.05) is 0 Å². The third kappa shape index (κ3) is 2.73. The van der Waals surface area contributed by atoms with Crippen molar-refractivity contribution in [2.24, 2.45) is 11.8 Å². The standard InChI is InChI=1S/C21H25N5O2/c1-12-13(2)24-18-4-3-14(5-17(12)18)21(28)25-8-15-6-19(26-11-22-10-23-26)20(27)7-16(15)9-25/h3-5,10-11,15-16,19-20,24,27H,6-9H2,1-2H3/t15-,16+,19-,20-/m1/s1. The van der Waals surface area contributed by atoms with E-state index in [1.54, 1.807) is 11.0 Å². The Hall–Kier alpha value is -2.67. The number of hydrogen-bond acceptors (Lipinski definition) is 4. The lowest BCUT2D eigenvalue weighted by Crippen LogP contribution is -2.36. The number of aliphatic hydroxyl groups excluding tert-OH is 1. The number of aromatic amines is 1. The van der Waals surface area contributed by atoms with E-state index in [4.69, 9.17) is 0 Å². The Morgan fingerprint density at radius 2 is 2.00 bits per heavy atom. The second kappa shape index (κ2) is 6.44. The van der Waals surface area contributed by atoms with Crippen LogP contribution in [0.3, 0.4) is 0 Å². The summed E-state index contributed by atoms with van der Waals surface area (Å²) in [7, 11) is 0. The SMILES string of the molecule is Cc1[nH]c2ccc(C(=O)N3C[C@H]4C[C@@H](n5cncn5)[C@H](O)C[C@H]4C3)cc2c1C. The summed E-state index contributed by atoms with van der Waals surface area (Å²) >= 11 is 0. The number of nitrogens with one attached hydrogen (secondary N) is 1. The molecule has 146 valence electrons. The van der Waals surface area contributed by atoms with E-state index in [0.717, 1.165) is 35.1 Å². The van der Waals surface area contributed by atoms with Crippen molar-refractivity contribution in [3.05, 3.63) is 47.7 Å². The molecule has 7 heteroatoms. The number of likely N-dealkylation sites (tertiary alicyclic amines) is 1. The smallest absolute Gasteiger partial charge is 0.253 e. The van der Waals surface area contributed by atoms with Crippen molar-refractivity contribution >= 4 is 16.8 Å². The van der Waals surface area contributed by atoms with Crippen LogP contribution in [0.25, 0.3) is 10.9 Å². The Morgan fingerprint density at radius 1 is 1.21 bits per heavy atom. The highest BCUT2D eigenvalue weighted by Gasteiger charge is 2.44. The summed E-state index contributed by atoms with van der Waals surface area (Å²) < 4.78 is 1.76. The lowest BCUT2D eigenvalue weighted by molar-refractivity contribution is 0.0304. The summed E-state index contributed by atoms with van der Waals surface area (Å²) in [4.78, 5) is 22.5. The van der Waals surface area contributed by atoms with Gasteiger partial charge in [-0.15, -0.1) is 0 Å². The van der Waals surface area contributed by atoms with Gasteiger partial charge in [-0.2, -0.15) is 5.10 Å². The average molecular weight is 379 g/mol. The van der Waals surface area contributed by atoms with E-state index in [9.17, 15) is 9.90 Å². The van der Waals surface area contributed by atoms with Crippen molar-refractivity contribution in [1.29, 1.82) is 0 Å². The molecule has 1 amide bonds. The molecule has 2 fully saturated rings. The fraction of sp³-hybridized carbons (Fsp3) is 0.476. The third-order valence-corrected chi connectivity index (χ3v) is 6.73. The van der Waals surface area contributed by atoms with Gasteiger partial charge in [-0.05, 0) is 62.3 Å². The first-order valence-electron chi connectivity index (χ1n) is 9.91. The van der Waals surface area contributed by atoms with Gasteiger partial charge in [0, 0.05) is 35.2 Å². The largest absolute Gasteiger partial charge is 0.391 e. The molecule has 0 bridgehead atoms. The fourth-order valence-corrected chi connectivity index (χ4v) is 5.02. The first-order valence-corrected chi connectivity index (χ1v) is 9.91. The van der Waals surface area contributed by atoms with Crippen LogP contribution in [0.15, 0.2) is 30.9 Å². The van der Waals surface area contributed by atoms with E-state index in [1.807, 2.05) is 23.1 Å². The van der Waals surface area contributed by atoms with Gasteiger partial charge in [-0.3, -0.25) is 4.79 Å². The van der Waals surface area contributed by atoms with E-state index in [1.165, 1.54) is 11.9 Å². The number of nitrogens with zero attached hydrogens (tertiary/aromatic N) is 4. The number of rotatable bonds is 2. The first kappa shape index (κ1) is 17.4. The van der Waals surface area contributed by atoms with Gasteiger partial charge in [0.1, 0.15) is 12.7 Å². The van der Waals surface area contributed by atoms with E-state index >= 15 is 0 Å². The predicted molar refractivity (Wildman–Crippen MR) is 105 cm³/mol. The topological polar surface area (TPSA) is 87.0 Å². The Kier molecular flexibility index (Phi) is 4.01. The summed E-state index contributed by atoms with van der Waals surface area (Å²) in [6.07, 6.45) is 4.26. The van der Waals surface area contributed by atoms with Crippen LogP contribution in [0.2, 0.25) is 0 Å². The number of carbonyl (C=O) groups excluding carboxylic acids is 1. The van der Waals surface area contributed by atoms with E-state index in [-0.39, 0.29) is 11.9 Å². The average Bonchev–Trinajstić information content (AvgIpc) is 3.40. The highest BCUT2D eigenvalue weighted by Crippen LogP contribution is 2.41. The molecule has 2 aliphatic rings. The van der Waals surface area contributed by atoms with Crippen LogP contribution < -0.4 is 0 Å². The molecule has 2 N–H and O–H groups in total. The third-order valence-electron chi connectivity index (χ3n) is 6.73. The van der Waals surface area contributed by atoms with Crippen LogP contribution >= 0.6 is 0 Å². The molecule has 4 atom stereocenters. The molecule has 3 aromatic rings. The minimum atomic E-state index is -0.445. The fourth-order valence-electron chi connectivity index (χ4n) is 5.02. The Morgan fingerprint density at radius 3 is 2.75 bits per heavy atom. The summed E-state index contributed by atoms with van der Waals surface area (Å²) in [5.74, 6) is 0.821. The maximum atomic E-state index is 13.2. The van der Waals surface area contributed by atoms with Crippen LogP contribution in [0.1, 0.15) is 40.5 Å². The van der Waals surface area contributed by atoms with Gasteiger partial charge in [-0.25, -0.2) is 9.67 Å². The first-order chi connectivity index (χ1) is 13.5. The predicted octanol–water partition coefficient (Wildman–Crippen LogP) is 2.46. The van der Waals surface area contributed by atoms with Crippen LogP contribution in [0.5, 0.6) is 0 Å². The Labute approximate surface area is 163 Å². The maximum absolute atomic E-state index is 13.2. The molecule has 3 heterocycles. The quantitative estimate of drug-likeness (QED) is 0.716. The number of hydrogen-bond donors (Lipinski definition) is 2. The summed E-state index contributed by atoms with van der Waals surface area (Å²) in [6.45, 7) is 5.59. The second-order valence-electron chi connectivity index (χ2n) is 8.35. The molecule has 1 aliphatic heterocycles. The van der Waals surface area contributed by atoms with Crippen molar-refractivity contribution in [2.75, 3.05) is 13.1 Å². The zero-order chi connectivity index (χ0) is 19.4. The van der Waals surface area contributed by atoms with Crippen LogP contribution in [0.4, 0.5) is 0 Å². The Bertz CT molecular complexity index is 1030. The normalized spacial score (nSPS) is 27.3. The zero-order valence-corrected chi connectivity index (χ0v) is 16.2. The number of aromatic nitrogens is 4. The van der Waals surface area contributed by atoms with Gasteiger partial charge in [0.15, 0.2) is 0 Å². The maximum Gasteiger partial charge on any atom is 0.253 e. The molecule has 1 aliphatic carbocycles. The molecule has 2 aromatic heterocycles. The van der Waals surface area contributed by atoms with Gasteiger partial charge in [0.05, 0.1) is 12.1 Å². The van der Waals surface area contributed by atoms with E-state index < -0.39 is 6.10 Å². The summed E-state index contributed by atoms with van der Waals surface area (Å²) in [6, 6.07) is 5.86. The number of carbonyl (C=O) groups is 1. The van der Waals surface area contributed by atoms with Crippen LogP contribution in [-0.2, 0) is 0 Å². The molecule has 0 unspecified atom stereocenters. The van der Waals surface area contributed by atoms with Crippen molar-refractivity contribution in [3.63, 3.8) is 0 Å². The van der Waals surface area contributed by atoms with Gasteiger partial charge in [0.25, 0.3) is 5.91 Å². The lowest BCUT2D eigenvalue weighted by Gasteiger charge is -2.34. The molecule has 5 rings (SSSR count). The highest BCUT2D eigenvalue weighted by atomic mass is 16.3. The molecule has 0 spiro atoms. The Balaban J connectivity index is 1.36. The van der Waals surface area contributed by atoms with Gasteiger partial charge < -0.3 is 15.0 Å². The van der Waals surface area contributed by atoms with Gasteiger partial charge in [0.2, 0.25) is 0 Å².